The van der Waals surface area contributed by atoms with Crippen LogP contribution in [0.2, 0.25) is 0 Å². The zero-order valence-electron chi connectivity index (χ0n) is 10.9. The summed E-state index contributed by atoms with van der Waals surface area (Å²) in [6.07, 6.45) is 0. The molecule has 1 aromatic rings. The standard InChI is InChI=1S/C13H18N2O2S2/c1-10(14-8-11-9-18-6-7-19-11)12-4-2-3-5-13(12)15(16)17/h2-5,10-11,14H,6-9H2,1H3. The summed E-state index contributed by atoms with van der Waals surface area (Å²) in [6, 6.07) is 6.97. The second-order valence-electron chi connectivity index (χ2n) is 4.51. The first-order valence-corrected chi connectivity index (χ1v) is 8.55. The van der Waals surface area contributed by atoms with E-state index in [1.165, 1.54) is 17.3 Å². The highest BCUT2D eigenvalue weighted by Gasteiger charge is 2.20. The number of nitro benzene ring substituents is 1. The van der Waals surface area contributed by atoms with Crippen molar-refractivity contribution in [3.05, 3.63) is 39.9 Å². The van der Waals surface area contributed by atoms with Gasteiger partial charge in [0.15, 0.2) is 0 Å². The van der Waals surface area contributed by atoms with E-state index in [2.05, 4.69) is 5.32 Å². The van der Waals surface area contributed by atoms with Crippen LogP contribution in [0, 0.1) is 10.1 Å². The highest BCUT2D eigenvalue weighted by Crippen LogP contribution is 2.26. The van der Waals surface area contributed by atoms with E-state index in [1.54, 1.807) is 12.1 Å². The van der Waals surface area contributed by atoms with E-state index >= 15 is 0 Å². The third kappa shape index (κ3) is 4.12. The molecular formula is C13H18N2O2S2. The van der Waals surface area contributed by atoms with Gasteiger partial charge in [-0.2, -0.15) is 23.5 Å². The fraction of sp³-hybridized carbons (Fsp3) is 0.538. The molecule has 1 aliphatic heterocycles. The minimum Gasteiger partial charge on any atom is -0.309 e. The van der Waals surface area contributed by atoms with E-state index in [9.17, 15) is 10.1 Å². The van der Waals surface area contributed by atoms with Crippen LogP contribution in [0.15, 0.2) is 24.3 Å². The van der Waals surface area contributed by atoms with Crippen molar-refractivity contribution in [2.75, 3.05) is 23.8 Å². The van der Waals surface area contributed by atoms with Gasteiger partial charge < -0.3 is 5.32 Å². The SMILES string of the molecule is CC(NCC1CSCCS1)c1ccccc1[N+](=O)[O-]. The Kier molecular flexibility index (Phi) is 5.54. The van der Waals surface area contributed by atoms with Crippen LogP contribution < -0.4 is 5.32 Å². The summed E-state index contributed by atoms with van der Waals surface area (Å²) < 4.78 is 0. The van der Waals surface area contributed by atoms with Crippen LogP contribution >= 0.6 is 23.5 Å². The average molecular weight is 298 g/mol. The van der Waals surface area contributed by atoms with E-state index in [-0.39, 0.29) is 16.7 Å². The van der Waals surface area contributed by atoms with Gasteiger partial charge in [0.25, 0.3) is 5.69 Å². The normalized spacial score (nSPS) is 21.0. The lowest BCUT2D eigenvalue weighted by molar-refractivity contribution is -0.385. The van der Waals surface area contributed by atoms with Crippen molar-refractivity contribution in [3.8, 4) is 0 Å². The van der Waals surface area contributed by atoms with Crippen LogP contribution in [0.1, 0.15) is 18.5 Å². The van der Waals surface area contributed by atoms with Crippen molar-refractivity contribution in [2.45, 2.75) is 18.2 Å². The maximum absolute atomic E-state index is 11.0. The molecule has 0 bridgehead atoms. The van der Waals surface area contributed by atoms with Crippen LogP contribution in [-0.2, 0) is 0 Å². The quantitative estimate of drug-likeness (QED) is 0.668. The number of thioether (sulfide) groups is 2. The van der Waals surface area contributed by atoms with E-state index in [1.807, 2.05) is 42.6 Å². The van der Waals surface area contributed by atoms with Crippen molar-refractivity contribution in [2.24, 2.45) is 0 Å². The van der Waals surface area contributed by atoms with Gasteiger partial charge in [0.05, 0.1) is 4.92 Å². The first-order chi connectivity index (χ1) is 9.18. The van der Waals surface area contributed by atoms with E-state index in [0.717, 1.165) is 12.1 Å². The van der Waals surface area contributed by atoms with Gasteiger partial charge in [-0.05, 0) is 6.92 Å². The molecular weight excluding hydrogens is 280 g/mol. The third-order valence-electron chi connectivity index (χ3n) is 3.14. The van der Waals surface area contributed by atoms with Crippen LogP contribution in [0.5, 0.6) is 0 Å². The van der Waals surface area contributed by atoms with Gasteiger partial charge in [-0.3, -0.25) is 10.1 Å². The van der Waals surface area contributed by atoms with Gasteiger partial charge in [0, 0.05) is 46.7 Å². The molecule has 1 saturated heterocycles. The second kappa shape index (κ2) is 7.17. The number of benzene rings is 1. The van der Waals surface area contributed by atoms with Gasteiger partial charge in [0.2, 0.25) is 0 Å². The maximum atomic E-state index is 11.0. The monoisotopic (exact) mass is 298 g/mol. The first kappa shape index (κ1) is 14.7. The fourth-order valence-electron chi connectivity index (χ4n) is 2.09. The van der Waals surface area contributed by atoms with Gasteiger partial charge in [-0.15, -0.1) is 0 Å². The molecule has 0 saturated carbocycles. The number of para-hydroxylation sites is 1. The Morgan fingerprint density at radius 2 is 2.26 bits per heavy atom. The fourth-order valence-corrected chi connectivity index (χ4v) is 4.72. The van der Waals surface area contributed by atoms with Crippen molar-refractivity contribution in [1.82, 2.24) is 5.32 Å². The molecule has 0 aliphatic carbocycles. The first-order valence-electron chi connectivity index (χ1n) is 6.34. The number of nitro groups is 1. The van der Waals surface area contributed by atoms with Crippen molar-refractivity contribution in [3.63, 3.8) is 0 Å². The molecule has 0 amide bonds. The Bertz CT molecular complexity index is 436. The second-order valence-corrected chi connectivity index (χ2v) is 7.07. The number of hydrogen-bond acceptors (Lipinski definition) is 5. The minimum atomic E-state index is -0.307. The summed E-state index contributed by atoms with van der Waals surface area (Å²) in [6.45, 7) is 2.90. The predicted molar refractivity (Wildman–Crippen MR) is 83.1 cm³/mol. The summed E-state index contributed by atoms with van der Waals surface area (Å²) in [5, 5.41) is 15.0. The summed E-state index contributed by atoms with van der Waals surface area (Å²) in [4.78, 5) is 10.7. The lowest BCUT2D eigenvalue weighted by atomic mass is 10.1. The molecule has 2 unspecified atom stereocenters. The number of nitrogens with one attached hydrogen (secondary N) is 1. The smallest absolute Gasteiger partial charge is 0.274 e. The van der Waals surface area contributed by atoms with Crippen molar-refractivity contribution in [1.29, 1.82) is 0 Å². The Morgan fingerprint density at radius 3 is 2.95 bits per heavy atom. The minimum absolute atomic E-state index is 0.00845. The number of nitrogens with zero attached hydrogens (tertiary/aromatic N) is 1. The Balaban J connectivity index is 1.95. The van der Waals surface area contributed by atoms with Gasteiger partial charge in [0.1, 0.15) is 0 Å². The summed E-state index contributed by atoms with van der Waals surface area (Å²) >= 11 is 3.98. The number of hydrogen-bond donors (Lipinski definition) is 1. The largest absolute Gasteiger partial charge is 0.309 e. The van der Waals surface area contributed by atoms with Gasteiger partial charge in [-0.25, -0.2) is 0 Å². The van der Waals surface area contributed by atoms with Crippen molar-refractivity contribution >= 4 is 29.2 Å². The van der Waals surface area contributed by atoms with Gasteiger partial charge >= 0.3 is 0 Å². The van der Waals surface area contributed by atoms with Crippen LogP contribution in [0.25, 0.3) is 0 Å². The molecule has 1 fully saturated rings. The maximum Gasteiger partial charge on any atom is 0.274 e. The number of rotatable bonds is 5. The van der Waals surface area contributed by atoms with E-state index in [0.29, 0.717) is 5.25 Å². The Labute approximate surface area is 121 Å². The molecule has 2 atom stereocenters. The Hall–Kier alpha value is -0.720. The molecule has 1 N–H and O–H groups in total. The lowest BCUT2D eigenvalue weighted by Gasteiger charge is -2.23. The molecule has 2 rings (SSSR count). The van der Waals surface area contributed by atoms with Crippen LogP contribution in [0.3, 0.4) is 0 Å². The van der Waals surface area contributed by atoms with Crippen LogP contribution in [0.4, 0.5) is 5.69 Å². The van der Waals surface area contributed by atoms with Crippen molar-refractivity contribution < 1.29 is 4.92 Å². The Morgan fingerprint density at radius 1 is 1.47 bits per heavy atom. The average Bonchev–Trinajstić information content (AvgIpc) is 2.46. The lowest BCUT2D eigenvalue weighted by Crippen LogP contribution is -2.31. The predicted octanol–water partition coefficient (Wildman–Crippen LogP) is 3.09. The molecule has 4 nitrogen and oxygen atoms in total. The summed E-state index contributed by atoms with van der Waals surface area (Å²) in [5.74, 6) is 3.61. The molecule has 1 heterocycles. The molecule has 0 spiro atoms. The van der Waals surface area contributed by atoms with E-state index < -0.39 is 0 Å². The molecule has 1 aromatic carbocycles. The zero-order valence-corrected chi connectivity index (χ0v) is 12.5. The summed E-state index contributed by atoms with van der Waals surface area (Å²) in [7, 11) is 0. The van der Waals surface area contributed by atoms with Gasteiger partial charge in [-0.1, -0.05) is 18.2 Å². The molecule has 0 radical (unpaired) electrons. The third-order valence-corrected chi connectivity index (χ3v) is 5.98. The van der Waals surface area contributed by atoms with E-state index in [4.69, 9.17) is 0 Å². The molecule has 6 heteroatoms. The topological polar surface area (TPSA) is 55.2 Å². The zero-order chi connectivity index (χ0) is 13.7. The molecule has 1 aliphatic rings. The highest BCUT2D eigenvalue weighted by atomic mass is 32.2. The highest BCUT2D eigenvalue weighted by molar-refractivity contribution is 8.06. The summed E-state index contributed by atoms with van der Waals surface area (Å²) in [5.41, 5.74) is 0.967. The molecule has 19 heavy (non-hydrogen) atoms. The van der Waals surface area contributed by atoms with Crippen LogP contribution in [-0.4, -0.2) is 34.0 Å². The molecule has 0 aromatic heterocycles. The molecule has 104 valence electrons.